The molecule has 2 unspecified atom stereocenters. The molecule has 1 aliphatic carbocycles. The Hall–Kier alpha value is -0.240. The Morgan fingerprint density at radius 1 is 0.750 bits per heavy atom. The van der Waals surface area contributed by atoms with Gasteiger partial charge in [-0.05, 0) is 37.5 Å². The highest BCUT2D eigenvalue weighted by atomic mass is 16.7. The summed E-state index contributed by atoms with van der Waals surface area (Å²) in [7, 11) is 0. The lowest BCUT2D eigenvalue weighted by Gasteiger charge is -2.45. The summed E-state index contributed by atoms with van der Waals surface area (Å²) in [5.41, 5.74) is 0. The van der Waals surface area contributed by atoms with E-state index < -0.39 is 30.7 Å². The molecule has 3 fully saturated rings. The van der Waals surface area contributed by atoms with Crippen molar-refractivity contribution >= 4 is 0 Å². The minimum absolute atomic E-state index is 0.311. The second-order valence-corrected chi connectivity index (χ2v) is 6.12. The molecule has 0 aromatic carbocycles. The molecule has 0 amide bonds. The molecule has 6 nitrogen and oxygen atoms in total. The van der Waals surface area contributed by atoms with E-state index in [1.807, 2.05) is 0 Å². The van der Waals surface area contributed by atoms with Crippen LogP contribution in [0.1, 0.15) is 25.7 Å². The normalized spacial score (nSPS) is 50.2. The van der Waals surface area contributed by atoms with Crippen LogP contribution in [-0.2, 0) is 14.2 Å². The molecule has 0 spiro atoms. The maximum atomic E-state index is 10.1. The highest BCUT2D eigenvalue weighted by Gasteiger charge is 2.46. The predicted molar refractivity (Wildman–Crippen MR) is 68.9 cm³/mol. The third-order valence-corrected chi connectivity index (χ3v) is 4.92. The Kier molecular flexibility index (Phi) is 4.59. The van der Waals surface area contributed by atoms with Gasteiger partial charge in [0.05, 0.1) is 19.3 Å². The summed E-state index contributed by atoms with van der Waals surface area (Å²) in [6.07, 6.45) is -0.791. The molecule has 3 aliphatic rings. The summed E-state index contributed by atoms with van der Waals surface area (Å²) < 4.78 is 16.6. The van der Waals surface area contributed by atoms with Gasteiger partial charge in [-0.1, -0.05) is 0 Å². The molecule has 2 bridgehead atoms. The zero-order valence-corrected chi connectivity index (χ0v) is 11.6. The highest BCUT2D eigenvalue weighted by Crippen LogP contribution is 2.42. The van der Waals surface area contributed by atoms with Crippen molar-refractivity contribution in [2.75, 3.05) is 19.8 Å². The van der Waals surface area contributed by atoms with Gasteiger partial charge in [0, 0.05) is 6.61 Å². The second kappa shape index (κ2) is 6.25. The maximum absolute atomic E-state index is 10.1. The molecule has 3 N–H and O–H groups in total. The molecule has 7 atom stereocenters. The van der Waals surface area contributed by atoms with Crippen LogP contribution in [-0.4, -0.2) is 65.8 Å². The number of hydrogen-bond donors (Lipinski definition) is 3. The standard InChI is InChI=1S/C14H24O6/c15-11-10-7-9-2-1-8(9)3-4-18-5-6-19-14(20-10)13(17)12(11)16/h8-17H,1-7H2/t8?,9?,10-,11-,12+,13+,14+/m1/s1. The van der Waals surface area contributed by atoms with Crippen LogP contribution in [0.2, 0.25) is 0 Å². The van der Waals surface area contributed by atoms with E-state index >= 15 is 0 Å². The molecule has 1 saturated carbocycles. The zero-order valence-electron chi connectivity index (χ0n) is 11.6. The van der Waals surface area contributed by atoms with Crippen LogP contribution in [0, 0.1) is 11.8 Å². The smallest absolute Gasteiger partial charge is 0.186 e. The van der Waals surface area contributed by atoms with E-state index in [2.05, 4.69) is 0 Å². The Morgan fingerprint density at radius 3 is 2.30 bits per heavy atom. The molecular formula is C14H24O6. The Labute approximate surface area is 118 Å². The molecule has 2 heterocycles. The SMILES string of the molecule is O[C@@H]1[C@H](O)[C@H]2OCCOCCC3CCC3C[C@@H](O2)[C@H]1O. The molecule has 2 aliphatic heterocycles. The van der Waals surface area contributed by atoms with E-state index in [0.29, 0.717) is 31.5 Å². The fourth-order valence-electron chi connectivity index (χ4n) is 3.44. The van der Waals surface area contributed by atoms with Crippen molar-refractivity contribution in [2.24, 2.45) is 11.8 Å². The van der Waals surface area contributed by atoms with Crippen LogP contribution in [0.3, 0.4) is 0 Å². The summed E-state index contributed by atoms with van der Waals surface area (Å²) in [6.45, 7) is 1.49. The first kappa shape index (κ1) is 14.7. The van der Waals surface area contributed by atoms with E-state index in [4.69, 9.17) is 14.2 Å². The fourth-order valence-corrected chi connectivity index (χ4v) is 3.44. The average molecular weight is 288 g/mol. The quantitative estimate of drug-likeness (QED) is 0.564. The third-order valence-electron chi connectivity index (χ3n) is 4.92. The summed E-state index contributed by atoms with van der Waals surface area (Å²) in [4.78, 5) is 0. The molecule has 2 saturated heterocycles. The van der Waals surface area contributed by atoms with E-state index in [9.17, 15) is 15.3 Å². The van der Waals surface area contributed by atoms with Gasteiger partial charge in [0.15, 0.2) is 6.29 Å². The van der Waals surface area contributed by atoms with E-state index in [-0.39, 0.29) is 0 Å². The monoisotopic (exact) mass is 288 g/mol. The summed E-state index contributed by atoms with van der Waals surface area (Å²) in [5.74, 6) is 1.12. The number of aliphatic hydroxyl groups is 3. The van der Waals surface area contributed by atoms with Gasteiger partial charge in [-0.15, -0.1) is 0 Å². The average Bonchev–Trinajstić information content (AvgIpc) is 2.42. The third kappa shape index (κ3) is 2.86. The van der Waals surface area contributed by atoms with Crippen LogP contribution < -0.4 is 0 Å². The van der Waals surface area contributed by atoms with Crippen LogP contribution in [0.5, 0.6) is 0 Å². The number of aliphatic hydroxyl groups excluding tert-OH is 3. The van der Waals surface area contributed by atoms with Crippen LogP contribution in [0.25, 0.3) is 0 Å². The first-order valence-corrected chi connectivity index (χ1v) is 7.56. The summed E-state index contributed by atoms with van der Waals surface area (Å²) in [5, 5.41) is 29.9. The van der Waals surface area contributed by atoms with Gasteiger partial charge in [0.1, 0.15) is 18.3 Å². The van der Waals surface area contributed by atoms with Gasteiger partial charge in [-0.3, -0.25) is 0 Å². The number of ether oxygens (including phenoxy) is 3. The van der Waals surface area contributed by atoms with Gasteiger partial charge >= 0.3 is 0 Å². The van der Waals surface area contributed by atoms with Gasteiger partial charge < -0.3 is 29.5 Å². The van der Waals surface area contributed by atoms with Crippen LogP contribution in [0.15, 0.2) is 0 Å². The van der Waals surface area contributed by atoms with Gasteiger partial charge in [0.25, 0.3) is 0 Å². The number of fused-ring (bicyclic) bond motifs is 3. The lowest BCUT2D eigenvalue weighted by Crippen LogP contribution is -2.59. The Balaban J connectivity index is 1.70. The lowest BCUT2D eigenvalue weighted by molar-refractivity contribution is -0.302. The van der Waals surface area contributed by atoms with Crippen molar-refractivity contribution in [3.05, 3.63) is 0 Å². The maximum Gasteiger partial charge on any atom is 0.186 e. The van der Waals surface area contributed by atoms with Crippen LogP contribution >= 0.6 is 0 Å². The summed E-state index contributed by atoms with van der Waals surface area (Å²) >= 11 is 0. The predicted octanol–water partition coefficient (Wildman–Crippen LogP) is -0.353. The first-order valence-electron chi connectivity index (χ1n) is 7.56. The molecule has 20 heavy (non-hydrogen) atoms. The van der Waals surface area contributed by atoms with E-state index in [1.54, 1.807) is 0 Å². The Morgan fingerprint density at radius 2 is 1.55 bits per heavy atom. The topological polar surface area (TPSA) is 88.4 Å². The van der Waals surface area contributed by atoms with Crippen molar-refractivity contribution < 1.29 is 29.5 Å². The fraction of sp³-hybridized carbons (Fsp3) is 1.00. The molecule has 6 heteroatoms. The highest BCUT2D eigenvalue weighted by molar-refractivity contribution is 4.93. The molecule has 0 radical (unpaired) electrons. The molecular weight excluding hydrogens is 264 g/mol. The van der Waals surface area contributed by atoms with Gasteiger partial charge in [0.2, 0.25) is 0 Å². The van der Waals surface area contributed by atoms with Gasteiger partial charge in [-0.2, -0.15) is 0 Å². The summed E-state index contributed by atoms with van der Waals surface area (Å²) in [6, 6.07) is 0. The first-order chi connectivity index (χ1) is 9.66. The number of rotatable bonds is 0. The van der Waals surface area contributed by atoms with Crippen molar-refractivity contribution in [3.63, 3.8) is 0 Å². The minimum Gasteiger partial charge on any atom is -0.388 e. The second-order valence-electron chi connectivity index (χ2n) is 6.12. The van der Waals surface area contributed by atoms with Crippen LogP contribution in [0.4, 0.5) is 0 Å². The van der Waals surface area contributed by atoms with Gasteiger partial charge in [-0.25, -0.2) is 0 Å². The molecule has 3 rings (SSSR count). The lowest BCUT2D eigenvalue weighted by atomic mass is 9.69. The Bertz CT molecular complexity index is 323. The number of hydrogen-bond acceptors (Lipinski definition) is 6. The zero-order chi connectivity index (χ0) is 14.1. The van der Waals surface area contributed by atoms with Crippen molar-refractivity contribution in [2.45, 2.75) is 56.4 Å². The van der Waals surface area contributed by atoms with Crippen molar-refractivity contribution in [1.29, 1.82) is 0 Å². The van der Waals surface area contributed by atoms with E-state index in [1.165, 1.54) is 6.42 Å². The molecule has 116 valence electrons. The van der Waals surface area contributed by atoms with Crippen molar-refractivity contribution in [1.82, 2.24) is 0 Å². The molecule has 0 aromatic heterocycles. The largest absolute Gasteiger partial charge is 0.388 e. The van der Waals surface area contributed by atoms with Crippen molar-refractivity contribution in [3.8, 4) is 0 Å². The van der Waals surface area contributed by atoms with E-state index in [0.717, 1.165) is 19.4 Å². The minimum atomic E-state index is -1.22. The molecule has 0 aromatic rings.